The second-order valence-corrected chi connectivity index (χ2v) is 8.09. The molecule has 0 radical (unpaired) electrons. The van der Waals surface area contributed by atoms with Crippen LogP contribution >= 0.6 is 0 Å². The SMILES string of the molecule is CC(C)(C)C1CCCC(N(O)C(C)(C)C)CCC1. The summed E-state index contributed by atoms with van der Waals surface area (Å²) in [5.74, 6) is 0.847. The van der Waals surface area contributed by atoms with Gasteiger partial charge in [-0.3, -0.25) is 0 Å². The molecule has 0 amide bonds. The van der Waals surface area contributed by atoms with Crippen LogP contribution in [0.25, 0.3) is 0 Å². The monoisotopic (exact) mass is 255 g/mol. The van der Waals surface area contributed by atoms with Crippen molar-refractivity contribution in [3.05, 3.63) is 0 Å². The summed E-state index contributed by atoms with van der Waals surface area (Å²) >= 11 is 0. The average molecular weight is 255 g/mol. The van der Waals surface area contributed by atoms with Crippen molar-refractivity contribution in [3.63, 3.8) is 0 Å². The fraction of sp³-hybridized carbons (Fsp3) is 1.00. The van der Waals surface area contributed by atoms with Crippen molar-refractivity contribution in [2.75, 3.05) is 0 Å². The molecule has 1 saturated carbocycles. The van der Waals surface area contributed by atoms with Gasteiger partial charge in [0.05, 0.1) is 0 Å². The summed E-state index contributed by atoms with van der Waals surface area (Å²) in [7, 11) is 0. The summed E-state index contributed by atoms with van der Waals surface area (Å²) in [5, 5.41) is 11.9. The van der Waals surface area contributed by atoms with Gasteiger partial charge in [-0.2, -0.15) is 5.06 Å². The first-order valence-electron chi connectivity index (χ1n) is 7.60. The van der Waals surface area contributed by atoms with E-state index < -0.39 is 0 Å². The number of rotatable bonds is 1. The first kappa shape index (κ1) is 16.0. The molecule has 2 nitrogen and oxygen atoms in total. The van der Waals surface area contributed by atoms with Crippen LogP contribution in [0.5, 0.6) is 0 Å². The number of hydrogen-bond donors (Lipinski definition) is 1. The normalized spacial score (nSPS) is 28.0. The highest BCUT2D eigenvalue weighted by molar-refractivity contribution is 4.82. The Labute approximate surface area is 114 Å². The van der Waals surface area contributed by atoms with E-state index in [0.717, 1.165) is 18.8 Å². The molecule has 1 aliphatic rings. The number of hydroxylamine groups is 2. The van der Waals surface area contributed by atoms with E-state index in [9.17, 15) is 5.21 Å². The Balaban J connectivity index is 2.54. The second kappa shape index (κ2) is 5.92. The van der Waals surface area contributed by atoms with E-state index >= 15 is 0 Å². The maximum Gasteiger partial charge on any atom is 0.0379 e. The predicted octanol–water partition coefficient (Wildman–Crippen LogP) is 4.86. The van der Waals surface area contributed by atoms with Crippen LogP contribution < -0.4 is 0 Å². The summed E-state index contributed by atoms with van der Waals surface area (Å²) in [6, 6.07) is 0.353. The predicted molar refractivity (Wildman–Crippen MR) is 77.8 cm³/mol. The van der Waals surface area contributed by atoms with E-state index in [1.165, 1.54) is 25.7 Å². The van der Waals surface area contributed by atoms with E-state index in [0.29, 0.717) is 11.5 Å². The number of hydrogen-bond acceptors (Lipinski definition) is 2. The first-order valence-corrected chi connectivity index (χ1v) is 7.60. The molecule has 2 heteroatoms. The molecule has 0 bridgehead atoms. The Hall–Kier alpha value is -0.0800. The average Bonchev–Trinajstić information content (AvgIpc) is 2.12. The molecule has 0 aliphatic heterocycles. The van der Waals surface area contributed by atoms with Crippen molar-refractivity contribution in [3.8, 4) is 0 Å². The highest BCUT2D eigenvalue weighted by Gasteiger charge is 2.31. The van der Waals surface area contributed by atoms with Crippen LogP contribution in [0.4, 0.5) is 0 Å². The molecule has 0 spiro atoms. The third kappa shape index (κ3) is 4.55. The molecular weight excluding hydrogens is 222 g/mol. The summed E-state index contributed by atoms with van der Waals surface area (Å²) < 4.78 is 0. The topological polar surface area (TPSA) is 23.5 Å². The zero-order valence-corrected chi connectivity index (χ0v) is 13.3. The molecule has 0 unspecified atom stereocenters. The van der Waals surface area contributed by atoms with Crippen molar-refractivity contribution in [2.45, 2.75) is 91.6 Å². The van der Waals surface area contributed by atoms with Crippen molar-refractivity contribution in [1.29, 1.82) is 0 Å². The maximum atomic E-state index is 10.3. The highest BCUT2D eigenvalue weighted by atomic mass is 16.5. The van der Waals surface area contributed by atoms with Crippen LogP contribution in [0.1, 0.15) is 80.1 Å². The largest absolute Gasteiger partial charge is 0.313 e. The van der Waals surface area contributed by atoms with Crippen LogP contribution in [0.3, 0.4) is 0 Å². The van der Waals surface area contributed by atoms with Gasteiger partial charge < -0.3 is 5.21 Å². The van der Waals surface area contributed by atoms with E-state index in [1.54, 1.807) is 5.06 Å². The smallest absolute Gasteiger partial charge is 0.0379 e. The van der Waals surface area contributed by atoms with Crippen LogP contribution in [0.2, 0.25) is 0 Å². The summed E-state index contributed by atoms with van der Waals surface area (Å²) in [4.78, 5) is 0. The van der Waals surface area contributed by atoms with Crippen LogP contribution in [-0.2, 0) is 0 Å². The van der Waals surface area contributed by atoms with Crippen LogP contribution in [-0.4, -0.2) is 21.9 Å². The van der Waals surface area contributed by atoms with Gasteiger partial charge in [-0.1, -0.05) is 33.6 Å². The number of nitrogens with zero attached hydrogens (tertiary/aromatic N) is 1. The lowest BCUT2D eigenvalue weighted by molar-refractivity contribution is -0.191. The molecule has 0 heterocycles. The lowest BCUT2D eigenvalue weighted by Crippen LogP contribution is -2.46. The Kier molecular flexibility index (Phi) is 5.25. The molecule has 108 valence electrons. The zero-order valence-electron chi connectivity index (χ0n) is 13.3. The summed E-state index contributed by atoms with van der Waals surface area (Å²) in [5.41, 5.74) is 0.309. The summed E-state index contributed by atoms with van der Waals surface area (Å²) in [6.07, 6.45) is 7.41. The molecule has 1 fully saturated rings. The minimum atomic E-state index is -0.132. The van der Waals surface area contributed by atoms with Gasteiger partial charge in [0.2, 0.25) is 0 Å². The van der Waals surface area contributed by atoms with Gasteiger partial charge >= 0.3 is 0 Å². The van der Waals surface area contributed by atoms with Gasteiger partial charge in [0, 0.05) is 11.6 Å². The molecule has 1 rings (SSSR count). The minimum Gasteiger partial charge on any atom is -0.313 e. The standard InChI is InChI=1S/C16H33NO/c1-15(2,3)13-9-7-11-14(12-8-10-13)17(18)16(4,5)6/h13-14,18H,7-12H2,1-6H3. The molecule has 0 atom stereocenters. The Morgan fingerprint density at radius 1 is 0.833 bits per heavy atom. The fourth-order valence-electron chi connectivity index (χ4n) is 3.15. The maximum absolute atomic E-state index is 10.3. The molecule has 1 aliphatic carbocycles. The quantitative estimate of drug-likeness (QED) is 0.676. The van der Waals surface area contributed by atoms with E-state index in [1.807, 2.05) is 0 Å². The Morgan fingerprint density at radius 2 is 1.28 bits per heavy atom. The molecule has 0 aromatic rings. The van der Waals surface area contributed by atoms with Gasteiger partial charge in [0.15, 0.2) is 0 Å². The van der Waals surface area contributed by atoms with E-state index in [4.69, 9.17) is 0 Å². The second-order valence-electron chi connectivity index (χ2n) is 8.09. The van der Waals surface area contributed by atoms with Gasteiger partial charge in [0.1, 0.15) is 0 Å². The van der Waals surface area contributed by atoms with Crippen LogP contribution in [0.15, 0.2) is 0 Å². The zero-order chi connectivity index (χ0) is 14.0. The van der Waals surface area contributed by atoms with Gasteiger partial charge in [-0.25, -0.2) is 0 Å². The minimum absolute atomic E-state index is 0.132. The van der Waals surface area contributed by atoms with Crippen LogP contribution in [0, 0.1) is 11.3 Å². The van der Waals surface area contributed by atoms with Crippen molar-refractivity contribution in [1.82, 2.24) is 5.06 Å². The molecule has 1 N–H and O–H groups in total. The third-order valence-corrected chi connectivity index (χ3v) is 4.44. The Morgan fingerprint density at radius 3 is 1.61 bits per heavy atom. The lowest BCUT2D eigenvalue weighted by atomic mass is 9.73. The highest BCUT2D eigenvalue weighted by Crippen LogP contribution is 2.37. The molecule has 0 aromatic carbocycles. The fourth-order valence-corrected chi connectivity index (χ4v) is 3.15. The lowest BCUT2D eigenvalue weighted by Gasteiger charge is -2.39. The molecular formula is C16H33NO. The first-order chi connectivity index (χ1) is 8.12. The summed E-state index contributed by atoms with van der Waals surface area (Å²) in [6.45, 7) is 13.4. The van der Waals surface area contributed by atoms with Crippen molar-refractivity contribution >= 4 is 0 Å². The Bertz CT molecular complexity index is 239. The van der Waals surface area contributed by atoms with Gasteiger partial charge in [-0.15, -0.1) is 0 Å². The van der Waals surface area contributed by atoms with Crippen molar-refractivity contribution < 1.29 is 5.21 Å². The van der Waals surface area contributed by atoms with Crippen molar-refractivity contribution in [2.24, 2.45) is 11.3 Å². The molecule has 0 saturated heterocycles. The molecule has 0 aromatic heterocycles. The van der Waals surface area contributed by atoms with E-state index in [2.05, 4.69) is 41.5 Å². The van der Waals surface area contributed by atoms with Gasteiger partial charge in [-0.05, 0) is 57.8 Å². The molecule has 18 heavy (non-hydrogen) atoms. The van der Waals surface area contributed by atoms with E-state index in [-0.39, 0.29) is 5.54 Å². The third-order valence-electron chi connectivity index (χ3n) is 4.44. The van der Waals surface area contributed by atoms with Gasteiger partial charge in [0.25, 0.3) is 0 Å².